The van der Waals surface area contributed by atoms with Gasteiger partial charge < -0.3 is 15.6 Å². The normalized spacial score (nSPS) is 11.5. The number of nitrogen functional groups attached to an aromatic ring is 1. The van der Waals surface area contributed by atoms with Gasteiger partial charge in [-0.15, -0.1) is 0 Å². The van der Waals surface area contributed by atoms with E-state index in [0.29, 0.717) is 35.9 Å². The fraction of sp³-hybridized carbons (Fsp3) is 0.333. The summed E-state index contributed by atoms with van der Waals surface area (Å²) in [5.41, 5.74) is 9.07. The third-order valence-electron chi connectivity index (χ3n) is 5.04. The Morgan fingerprint density at radius 2 is 2.10 bits per heavy atom. The summed E-state index contributed by atoms with van der Waals surface area (Å²) < 4.78 is 1.82. The van der Waals surface area contributed by atoms with Crippen molar-refractivity contribution in [3.05, 3.63) is 57.8 Å². The molecule has 0 radical (unpaired) electrons. The largest absolute Gasteiger partial charge is 0.383 e. The number of fused-ring (bicyclic) bond motifs is 1. The first-order chi connectivity index (χ1) is 14.9. The maximum Gasteiger partial charge on any atom is 0.259 e. The SMILES string of the molecule is CCC#C/C(=N/C)c1c(N)ncnc1NCc1cc2cccc(C)c2c(=O)n1C(C)C. The number of aryl methyl sites for hydroxylation is 1. The average molecular weight is 417 g/mol. The molecule has 0 amide bonds. The molecule has 0 spiro atoms. The van der Waals surface area contributed by atoms with Crippen LogP contribution in [0.5, 0.6) is 0 Å². The lowest BCUT2D eigenvalue weighted by atomic mass is 10.1. The van der Waals surface area contributed by atoms with Crippen molar-refractivity contribution in [2.45, 2.75) is 46.7 Å². The van der Waals surface area contributed by atoms with Crippen LogP contribution in [0.1, 0.15) is 50.1 Å². The van der Waals surface area contributed by atoms with E-state index in [9.17, 15) is 4.79 Å². The van der Waals surface area contributed by atoms with E-state index >= 15 is 0 Å². The van der Waals surface area contributed by atoms with Gasteiger partial charge in [-0.1, -0.05) is 31.0 Å². The van der Waals surface area contributed by atoms with Gasteiger partial charge in [0.05, 0.1) is 17.5 Å². The molecule has 0 saturated carbocycles. The van der Waals surface area contributed by atoms with Crippen molar-refractivity contribution >= 4 is 28.1 Å². The Hall–Kier alpha value is -3.66. The molecule has 0 aliphatic carbocycles. The number of benzene rings is 1. The molecule has 3 rings (SSSR count). The van der Waals surface area contributed by atoms with Crippen LogP contribution in [0, 0.1) is 18.8 Å². The van der Waals surface area contributed by atoms with E-state index in [1.165, 1.54) is 6.33 Å². The molecule has 31 heavy (non-hydrogen) atoms. The predicted molar refractivity (Wildman–Crippen MR) is 128 cm³/mol. The second-order valence-electron chi connectivity index (χ2n) is 7.51. The van der Waals surface area contributed by atoms with Crippen molar-refractivity contribution in [3.63, 3.8) is 0 Å². The average Bonchev–Trinajstić information content (AvgIpc) is 2.73. The highest BCUT2D eigenvalue weighted by molar-refractivity contribution is 6.18. The Balaban J connectivity index is 2.07. The fourth-order valence-corrected chi connectivity index (χ4v) is 3.65. The lowest BCUT2D eigenvalue weighted by Gasteiger charge is -2.19. The molecule has 0 atom stereocenters. The number of aromatic nitrogens is 3. The quantitative estimate of drug-likeness (QED) is 0.488. The van der Waals surface area contributed by atoms with Crippen molar-refractivity contribution in [1.82, 2.24) is 14.5 Å². The molecule has 0 fully saturated rings. The second-order valence-corrected chi connectivity index (χ2v) is 7.51. The van der Waals surface area contributed by atoms with Gasteiger partial charge in [0.25, 0.3) is 5.56 Å². The molecular weight excluding hydrogens is 388 g/mol. The van der Waals surface area contributed by atoms with Crippen LogP contribution >= 0.6 is 0 Å². The Labute approximate surface area is 182 Å². The van der Waals surface area contributed by atoms with Crippen LogP contribution in [-0.2, 0) is 6.54 Å². The van der Waals surface area contributed by atoms with Crippen LogP contribution in [-0.4, -0.2) is 27.3 Å². The first-order valence-corrected chi connectivity index (χ1v) is 10.3. The summed E-state index contributed by atoms with van der Waals surface area (Å²) in [6, 6.07) is 7.95. The molecule has 7 heteroatoms. The van der Waals surface area contributed by atoms with Crippen LogP contribution in [0.4, 0.5) is 11.6 Å². The summed E-state index contributed by atoms with van der Waals surface area (Å²) in [7, 11) is 1.66. The Kier molecular flexibility index (Phi) is 6.71. The molecule has 1 aromatic carbocycles. The van der Waals surface area contributed by atoms with Gasteiger partial charge in [-0.3, -0.25) is 9.79 Å². The van der Waals surface area contributed by atoms with Crippen molar-refractivity contribution < 1.29 is 0 Å². The Bertz CT molecular complexity index is 1260. The van der Waals surface area contributed by atoms with Gasteiger partial charge in [-0.2, -0.15) is 0 Å². The molecule has 0 bridgehead atoms. The van der Waals surface area contributed by atoms with E-state index in [1.807, 2.05) is 56.5 Å². The lowest BCUT2D eigenvalue weighted by Crippen LogP contribution is -2.27. The van der Waals surface area contributed by atoms with Crippen LogP contribution in [0.15, 0.2) is 40.4 Å². The highest BCUT2D eigenvalue weighted by Gasteiger charge is 2.17. The number of hydrogen-bond acceptors (Lipinski definition) is 6. The van der Waals surface area contributed by atoms with Gasteiger partial charge in [0.2, 0.25) is 0 Å². The molecular formula is C24H28N6O. The van der Waals surface area contributed by atoms with E-state index in [4.69, 9.17) is 5.73 Å². The van der Waals surface area contributed by atoms with Crippen molar-refractivity contribution in [2.24, 2.45) is 4.99 Å². The van der Waals surface area contributed by atoms with E-state index in [-0.39, 0.29) is 11.6 Å². The summed E-state index contributed by atoms with van der Waals surface area (Å²) in [6.07, 6.45) is 2.10. The Morgan fingerprint density at radius 3 is 2.77 bits per heavy atom. The zero-order valence-corrected chi connectivity index (χ0v) is 18.7. The van der Waals surface area contributed by atoms with E-state index in [0.717, 1.165) is 22.0 Å². The summed E-state index contributed by atoms with van der Waals surface area (Å²) in [5, 5.41) is 5.00. The number of nitrogens with zero attached hydrogens (tertiary/aromatic N) is 4. The third kappa shape index (κ3) is 4.43. The van der Waals surface area contributed by atoms with E-state index in [1.54, 1.807) is 7.05 Å². The van der Waals surface area contributed by atoms with Crippen LogP contribution in [0.25, 0.3) is 10.8 Å². The summed E-state index contributed by atoms with van der Waals surface area (Å²) >= 11 is 0. The molecule has 3 N–H and O–H groups in total. The van der Waals surface area contributed by atoms with Crippen LogP contribution < -0.4 is 16.6 Å². The van der Waals surface area contributed by atoms with E-state index in [2.05, 4.69) is 32.1 Å². The van der Waals surface area contributed by atoms with Gasteiger partial charge in [-0.25, -0.2) is 9.97 Å². The maximum atomic E-state index is 13.3. The second kappa shape index (κ2) is 9.43. The van der Waals surface area contributed by atoms with Gasteiger partial charge in [-0.05, 0) is 43.7 Å². The van der Waals surface area contributed by atoms with Gasteiger partial charge in [0, 0.05) is 25.2 Å². The number of nitrogens with two attached hydrogens (primary N) is 1. The number of rotatable bonds is 5. The zero-order chi connectivity index (χ0) is 22.5. The molecule has 160 valence electrons. The topological polar surface area (TPSA) is 98.2 Å². The maximum absolute atomic E-state index is 13.3. The van der Waals surface area contributed by atoms with Crippen LogP contribution in [0.3, 0.4) is 0 Å². The minimum atomic E-state index is 0.00595. The molecule has 2 aromatic heterocycles. The lowest BCUT2D eigenvalue weighted by molar-refractivity contribution is 0.558. The number of nitrogens with one attached hydrogen (secondary N) is 1. The standard InChI is InChI=1S/C24H28N6O/c1-6-7-11-19(26-5)21-22(25)28-14-29-23(21)27-13-18-12-17-10-8-9-16(4)20(17)24(31)30(18)15(2)3/h8-10,12,14-15H,6,13H2,1-5H3,(H3,25,27,28,29)/b26-19-. The minimum Gasteiger partial charge on any atom is -0.383 e. The number of anilines is 2. The zero-order valence-electron chi connectivity index (χ0n) is 18.7. The Morgan fingerprint density at radius 1 is 1.32 bits per heavy atom. The first-order valence-electron chi connectivity index (χ1n) is 10.3. The predicted octanol–water partition coefficient (Wildman–Crippen LogP) is 3.71. The molecule has 0 unspecified atom stereocenters. The summed E-state index contributed by atoms with van der Waals surface area (Å²) in [4.78, 5) is 26.0. The minimum absolute atomic E-state index is 0.00595. The van der Waals surface area contributed by atoms with Gasteiger partial charge in [0.15, 0.2) is 0 Å². The molecule has 3 aromatic rings. The highest BCUT2D eigenvalue weighted by atomic mass is 16.1. The van der Waals surface area contributed by atoms with Crippen molar-refractivity contribution in [1.29, 1.82) is 0 Å². The molecule has 0 aliphatic rings. The molecule has 2 heterocycles. The summed E-state index contributed by atoms with van der Waals surface area (Å²) in [5.74, 6) is 6.88. The van der Waals surface area contributed by atoms with Crippen LogP contribution in [0.2, 0.25) is 0 Å². The number of hydrogen-bond donors (Lipinski definition) is 2. The van der Waals surface area contributed by atoms with Gasteiger partial charge in [0.1, 0.15) is 23.7 Å². The highest BCUT2D eigenvalue weighted by Crippen LogP contribution is 2.22. The number of pyridine rings is 1. The van der Waals surface area contributed by atoms with Crippen molar-refractivity contribution in [3.8, 4) is 11.8 Å². The van der Waals surface area contributed by atoms with Crippen molar-refractivity contribution in [2.75, 3.05) is 18.1 Å². The third-order valence-corrected chi connectivity index (χ3v) is 5.04. The first kappa shape index (κ1) is 22.0. The number of aliphatic imine (C=N–C) groups is 1. The molecule has 7 nitrogen and oxygen atoms in total. The summed E-state index contributed by atoms with van der Waals surface area (Å²) in [6.45, 7) is 8.33. The monoisotopic (exact) mass is 416 g/mol. The fourth-order valence-electron chi connectivity index (χ4n) is 3.65. The van der Waals surface area contributed by atoms with E-state index < -0.39 is 0 Å². The molecule has 0 saturated heterocycles. The molecule has 0 aliphatic heterocycles. The van der Waals surface area contributed by atoms with Gasteiger partial charge >= 0.3 is 0 Å². The smallest absolute Gasteiger partial charge is 0.259 e.